The standard InChI is InChI=1S/C24H16Cl3NO3S/c25-18-7-6-16(20(27)12-18)13-28-23(30)22(32-24(28)31)11-17-10-14(5-8-21(17)29)9-15-3-1-2-4-19(15)26/h1-8,10-12,29H,9,13H2/b22-11-. The Labute approximate surface area is 204 Å². The Kier molecular flexibility index (Phi) is 6.82. The van der Waals surface area contributed by atoms with E-state index in [1.165, 1.54) is 6.08 Å². The predicted octanol–water partition coefficient (Wildman–Crippen LogP) is 7.18. The highest BCUT2D eigenvalue weighted by molar-refractivity contribution is 8.18. The molecule has 1 N–H and O–H groups in total. The van der Waals surface area contributed by atoms with Crippen molar-refractivity contribution in [3.63, 3.8) is 0 Å². The van der Waals surface area contributed by atoms with Gasteiger partial charge < -0.3 is 5.11 Å². The van der Waals surface area contributed by atoms with Gasteiger partial charge in [-0.3, -0.25) is 14.5 Å². The lowest BCUT2D eigenvalue weighted by Crippen LogP contribution is -2.27. The molecule has 162 valence electrons. The molecule has 8 heteroatoms. The molecule has 2 amide bonds. The van der Waals surface area contributed by atoms with Crippen molar-refractivity contribution < 1.29 is 14.7 Å². The number of rotatable bonds is 5. The average Bonchev–Trinajstić information content (AvgIpc) is 3.01. The number of phenolic OH excluding ortho intramolecular Hbond substituents is 1. The molecule has 0 radical (unpaired) electrons. The van der Waals surface area contributed by atoms with E-state index in [0.717, 1.165) is 27.8 Å². The molecule has 1 aliphatic heterocycles. The Morgan fingerprint density at radius 3 is 2.44 bits per heavy atom. The van der Waals surface area contributed by atoms with Crippen LogP contribution < -0.4 is 0 Å². The molecule has 0 saturated carbocycles. The number of carbonyl (C=O) groups excluding carboxylic acids is 2. The Balaban J connectivity index is 1.58. The molecule has 1 saturated heterocycles. The minimum atomic E-state index is -0.443. The summed E-state index contributed by atoms with van der Waals surface area (Å²) in [6, 6.07) is 17.6. The van der Waals surface area contributed by atoms with E-state index in [4.69, 9.17) is 34.8 Å². The molecule has 1 aliphatic rings. The molecule has 0 aromatic heterocycles. The van der Waals surface area contributed by atoms with Gasteiger partial charge in [-0.05, 0) is 71.3 Å². The molecule has 32 heavy (non-hydrogen) atoms. The van der Waals surface area contributed by atoms with Gasteiger partial charge in [0.15, 0.2) is 0 Å². The summed E-state index contributed by atoms with van der Waals surface area (Å²) in [7, 11) is 0. The van der Waals surface area contributed by atoms with Gasteiger partial charge in [-0.25, -0.2) is 0 Å². The molecule has 0 atom stereocenters. The highest BCUT2D eigenvalue weighted by Crippen LogP contribution is 2.36. The zero-order chi connectivity index (χ0) is 22.8. The molecule has 0 spiro atoms. The molecule has 0 aliphatic carbocycles. The summed E-state index contributed by atoms with van der Waals surface area (Å²) in [5, 5.41) is 11.4. The zero-order valence-corrected chi connectivity index (χ0v) is 19.6. The van der Waals surface area contributed by atoms with Crippen LogP contribution >= 0.6 is 46.6 Å². The first-order valence-corrected chi connectivity index (χ1v) is 11.5. The van der Waals surface area contributed by atoms with Gasteiger partial charge in [-0.1, -0.05) is 65.1 Å². The molecular weight excluding hydrogens is 489 g/mol. The molecule has 1 heterocycles. The third kappa shape index (κ3) is 4.97. The number of hydrogen-bond donors (Lipinski definition) is 1. The number of amides is 2. The molecule has 0 unspecified atom stereocenters. The molecule has 4 rings (SSSR count). The van der Waals surface area contributed by atoms with Crippen molar-refractivity contribution in [3.8, 4) is 5.75 Å². The number of thioether (sulfide) groups is 1. The largest absolute Gasteiger partial charge is 0.507 e. The van der Waals surface area contributed by atoms with Gasteiger partial charge in [-0.15, -0.1) is 0 Å². The lowest BCUT2D eigenvalue weighted by Gasteiger charge is -2.13. The summed E-state index contributed by atoms with van der Waals surface area (Å²) in [6.45, 7) is 0.0382. The van der Waals surface area contributed by atoms with Gasteiger partial charge in [0.05, 0.1) is 11.4 Å². The van der Waals surface area contributed by atoms with Crippen LogP contribution in [0.25, 0.3) is 6.08 Å². The van der Waals surface area contributed by atoms with Crippen LogP contribution in [0.1, 0.15) is 22.3 Å². The summed E-state index contributed by atoms with van der Waals surface area (Å²) in [6.07, 6.45) is 2.09. The number of halogens is 3. The van der Waals surface area contributed by atoms with Crippen molar-refractivity contribution in [1.29, 1.82) is 0 Å². The number of nitrogens with zero attached hydrogens (tertiary/aromatic N) is 1. The lowest BCUT2D eigenvalue weighted by atomic mass is 10.0. The normalized spacial score (nSPS) is 15.1. The Hall–Kier alpha value is -2.44. The predicted molar refractivity (Wildman–Crippen MR) is 130 cm³/mol. The Bertz CT molecular complexity index is 1260. The van der Waals surface area contributed by atoms with Gasteiger partial charge >= 0.3 is 0 Å². The second kappa shape index (κ2) is 9.59. The summed E-state index contributed by atoms with van der Waals surface area (Å²) < 4.78 is 0. The number of hydrogen-bond acceptors (Lipinski definition) is 4. The average molecular weight is 505 g/mol. The summed E-state index contributed by atoms with van der Waals surface area (Å²) in [5.41, 5.74) is 2.93. The summed E-state index contributed by atoms with van der Waals surface area (Å²) >= 11 is 19.2. The first kappa shape index (κ1) is 22.7. The highest BCUT2D eigenvalue weighted by Gasteiger charge is 2.35. The first-order chi connectivity index (χ1) is 15.3. The smallest absolute Gasteiger partial charge is 0.293 e. The van der Waals surface area contributed by atoms with Crippen molar-refractivity contribution in [2.45, 2.75) is 13.0 Å². The van der Waals surface area contributed by atoms with Gasteiger partial charge in [0, 0.05) is 20.6 Å². The van der Waals surface area contributed by atoms with Crippen molar-refractivity contribution in [1.82, 2.24) is 4.90 Å². The molecule has 3 aromatic rings. The van der Waals surface area contributed by atoms with Gasteiger partial charge in [0.25, 0.3) is 11.1 Å². The summed E-state index contributed by atoms with van der Waals surface area (Å²) in [4.78, 5) is 26.7. The van der Waals surface area contributed by atoms with E-state index < -0.39 is 11.1 Å². The quantitative estimate of drug-likeness (QED) is 0.374. The maximum Gasteiger partial charge on any atom is 0.293 e. The maximum atomic E-state index is 12.9. The molecule has 0 bridgehead atoms. The van der Waals surface area contributed by atoms with Crippen LogP contribution in [0.5, 0.6) is 5.75 Å². The van der Waals surface area contributed by atoms with Crippen LogP contribution in [-0.4, -0.2) is 21.2 Å². The second-order valence-electron chi connectivity index (χ2n) is 7.16. The Morgan fingerprint density at radius 1 is 0.906 bits per heavy atom. The van der Waals surface area contributed by atoms with Crippen LogP contribution in [-0.2, 0) is 17.8 Å². The number of imide groups is 1. The maximum absolute atomic E-state index is 12.9. The van der Waals surface area contributed by atoms with Crippen molar-refractivity contribution in [2.24, 2.45) is 0 Å². The van der Waals surface area contributed by atoms with E-state index in [2.05, 4.69) is 0 Å². The minimum absolute atomic E-state index is 0.0143. The first-order valence-electron chi connectivity index (χ1n) is 9.56. The number of carbonyl (C=O) groups is 2. The van der Waals surface area contributed by atoms with Crippen LogP contribution in [0.2, 0.25) is 15.1 Å². The fraction of sp³-hybridized carbons (Fsp3) is 0.0833. The van der Waals surface area contributed by atoms with E-state index >= 15 is 0 Å². The van der Waals surface area contributed by atoms with E-state index in [-0.39, 0.29) is 17.2 Å². The van der Waals surface area contributed by atoms with E-state index in [1.54, 1.807) is 36.4 Å². The van der Waals surface area contributed by atoms with E-state index in [0.29, 0.717) is 32.6 Å². The topological polar surface area (TPSA) is 57.6 Å². The number of phenols is 1. The minimum Gasteiger partial charge on any atom is -0.507 e. The second-order valence-corrected chi connectivity index (χ2v) is 9.41. The number of aromatic hydroxyl groups is 1. The van der Waals surface area contributed by atoms with Gasteiger partial charge in [0.2, 0.25) is 0 Å². The van der Waals surface area contributed by atoms with Crippen LogP contribution in [0.15, 0.2) is 65.6 Å². The van der Waals surface area contributed by atoms with Crippen molar-refractivity contribution >= 4 is 63.8 Å². The fourth-order valence-electron chi connectivity index (χ4n) is 3.29. The Morgan fingerprint density at radius 2 is 1.69 bits per heavy atom. The lowest BCUT2D eigenvalue weighted by molar-refractivity contribution is -0.123. The van der Waals surface area contributed by atoms with Crippen LogP contribution in [0, 0.1) is 0 Å². The van der Waals surface area contributed by atoms with Crippen molar-refractivity contribution in [3.05, 3.63) is 103 Å². The van der Waals surface area contributed by atoms with E-state index in [9.17, 15) is 14.7 Å². The van der Waals surface area contributed by atoms with Crippen LogP contribution in [0.3, 0.4) is 0 Å². The van der Waals surface area contributed by atoms with Gasteiger partial charge in [-0.2, -0.15) is 0 Å². The molecule has 4 nitrogen and oxygen atoms in total. The third-order valence-corrected chi connectivity index (χ3v) is 6.81. The fourth-order valence-corrected chi connectivity index (χ4v) is 4.79. The highest BCUT2D eigenvalue weighted by atomic mass is 35.5. The monoisotopic (exact) mass is 503 g/mol. The summed E-state index contributed by atoms with van der Waals surface area (Å²) in [5.74, 6) is -0.428. The molecule has 1 fully saturated rings. The van der Waals surface area contributed by atoms with E-state index in [1.807, 2.05) is 24.3 Å². The SMILES string of the molecule is O=C1S/C(=C\c2cc(Cc3ccccc3Cl)ccc2O)C(=O)N1Cc1ccc(Cl)cc1Cl. The molecular formula is C24H16Cl3NO3S. The van der Waals surface area contributed by atoms with Crippen molar-refractivity contribution in [2.75, 3.05) is 0 Å². The van der Waals surface area contributed by atoms with Gasteiger partial charge in [0.1, 0.15) is 5.75 Å². The third-order valence-electron chi connectivity index (χ3n) is 4.95. The number of benzene rings is 3. The molecule has 3 aromatic carbocycles. The zero-order valence-electron chi connectivity index (χ0n) is 16.5. The van der Waals surface area contributed by atoms with Crippen LogP contribution in [0.4, 0.5) is 4.79 Å².